The second-order valence-corrected chi connectivity index (χ2v) is 5.84. The van der Waals surface area contributed by atoms with Crippen molar-refractivity contribution in [3.63, 3.8) is 0 Å². The molecule has 0 spiro atoms. The molecule has 0 saturated heterocycles. The molecule has 0 heterocycles. The topological polar surface area (TPSA) is 70.6 Å². The lowest BCUT2D eigenvalue weighted by Gasteiger charge is -2.14. The minimum atomic E-state index is -0.208. The quantitative estimate of drug-likeness (QED) is 0.671. The molecule has 3 N–H and O–H groups in total. The second kappa shape index (κ2) is 6.80. The number of ether oxygens (including phenoxy) is 1. The fourth-order valence-electron chi connectivity index (χ4n) is 2.24. The van der Waals surface area contributed by atoms with E-state index in [4.69, 9.17) is 9.84 Å². The van der Waals surface area contributed by atoms with Crippen molar-refractivity contribution in [3.8, 4) is 5.75 Å². The van der Waals surface area contributed by atoms with Crippen molar-refractivity contribution in [3.05, 3.63) is 29.3 Å². The molecule has 5 nitrogen and oxygen atoms in total. The Labute approximate surface area is 125 Å². The summed E-state index contributed by atoms with van der Waals surface area (Å²) >= 11 is 0. The van der Waals surface area contributed by atoms with Gasteiger partial charge in [-0.1, -0.05) is 18.2 Å². The Morgan fingerprint density at radius 3 is 2.52 bits per heavy atom. The minimum Gasteiger partial charge on any atom is -0.491 e. The van der Waals surface area contributed by atoms with Gasteiger partial charge in [0.15, 0.2) is 0 Å². The first-order valence-electron chi connectivity index (χ1n) is 7.38. The van der Waals surface area contributed by atoms with Crippen LogP contribution in [0, 0.1) is 19.3 Å². The van der Waals surface area contributed by atoms with Gasteiger partial charge >= 0.3 is 6.03 Å². The number of benzene rings is 1. The molecule has 0 unspecified atom stereocenters. The van der Waals surface area contributed by atoms with E-state index < -0.39 is 0 Å². The van der Waals surface area contributed by atoms with Crippen molar-refractivity contribution in [2.75, 3.05) is 26.3 Å². The highest BCUT2D eigenvalue weighted by atomic mass is 16.5. The van der Waals surface area contributed by atoms with E-state index in [0.29, 0.717) is 19.7 Å². The van der Waals surface area contributed by atoms with Crippen LogP contribution < -0.4 is 15.4 Å². The van der Waals surface area contributed by atoms with Crippen LogP contribution in [0.3, 0.4) is 0 Å². The lowest BCUT2D eigenvalue weighted by Crippen LogP contribution is -2.41. The summed E-state index contributed by atoms with van der Waals surface area (Å²) in [5.74, 6) is 0.886. The number of carbonyl (C=O) groups excluding carboxylic acids is 1. The number of nitrogens with one attached hydrogen (secondary N) is 2. The number of hydrogen-bond donors (Lipinski definition) is 3. The van der Waals surface area contributed by atoms with Gasteiger partial charge in [0.05, 0.1) is 13.2 Å². The Morgan fingerprint density at radius 1 is 1.29 bits per heavy atom. The van der Waals surface area contributed by atoms with Crippen LogP contribution in [0.1, 0.15) is 24.0 Å². The fraction of sp³-hybridized carbons (Fsp3) is 0.562. The van der Waals surface area contributed by atoms with Gasteiger partial charge < -0.3 is 20.5 Å². The molecule has 2 rings (SSSR count). The normalized spacial score (nSPS) is 15.4. The van der Waals surface area contributed by atoms with Crippen LogP contribution in [0.4, 0.5) is 4.79 Å². The number of carbonyl (C=O) groups is 1. The highest BCUT2D eigenvalue weighted by Crippen LogP contribution is 2.44. The summed E-state index contributed by atoms with van der Waals surface area (Å²) in [6.07, 6.45) is 1.97. The van der Waals surface area contributed by atoms with E-state index in [1.54, 1.807) is 0 Å². The molecule has 1 saturated carbocycles. The van der Waals surface area contributed by atoms with Gasteiger partial charge in [-0.3, -0.25) is 0 Å². The summed E-state index contributed by atoms with van der Waals surface area (Å²) in [7, 11) is 0. The van der Waals surface area contributed by atoms with E-state index in [1.165, 1.54) is 0 Å². The molecule has 0 atom stereocenters. The van der Waals surface area contributed by atoms with Gasteiger partial charge in [-0.05, 0) is 37.8 Å². The van der Waals surface area contributed by atoms with E-state index in [1.807, 2.05) is 32.0 Å². The number of rotatable bonds is 7. The van der Waals surface area contributed by atoms with E-state index >= 15 is 0 Å². The fourth-order valence-corrected chi connectivity index (χ4v) is 2.24. The molecule has 1 aliphatic carbocycles. The molecule has 0 bridgehead atoms. The summed E-state index contributed by atoms with van der Waals surface area (Å²) in [6, 6.07) is 5.80. The lowest BCUT2D eigenvalue weighted by atomic mass is 10.1. The van der Waals surface area contributed by atoms with Crippen LogP contribution in [0.5, 0.6) is 5.75 Å². The number of aryl methyl sites for hydroxylation is 2. The number of aliphatic hydroxyl groups excluding tert-OH is 1. The van der Waals surface area contributed by atoms with Gasteiger partial charge in [0, 0.05) is 12.0 Å². The van der Waals surface area contributed by atoms with Crippen molar-refractivity contribution in [1.29, 1.82) is 0 Å². The molecular weight excluding hydrogens is 268 g/mol. The standard InChI is InChI=1S/C16H24N2O3/c1-12-4-3-5-13(2)14(12)21-9-8-17-15(20)18-10-16(11-19)6-7-16/h3-5,19H,6-11H2,1-2H3,(H2,17,18,20). The Bertz CT molecular complexity index is 478. The van der Waals surface area contributed by atoms with Crippen LogP contribution >= 0.6 is 0 Å². The van der Waals surface area contributed by atoms with Crippen LogP contribution in [0.25, 0.3) is 0 Å². The summed E-state index contributed by atoms with van der Waals surface area (Å²) in [5.41, 5.74) is 2.13. The third-order valence-corrected chi connectivity index (χ3v) is 3.96. The van der Waals surface area contributed by atoms with Crippen molar-refractivity contribution in [2.45, 2.75) is 26.7 Å². The van der Waals surface area contributed by atoms with E-state index in [0.717, 1.165) is 29.7 Å². The largest absolute Gasteiger partial charge is 0.491 e. The molecule has 0 aromatic heterocycles. The van der Waals surface area contributed by atoms with E-state index in [-0.39, 0.29) is 18.1 Å². The number of hydrogen-bond acceptors (Lipinski definition) is 3. The molecule has 1 aromatic rings. The van der Waals surface area contributed by atoms with Gasteiger partial charge in [0.25, 0.3) is 0 Å². The maximum absolute atomic E-state index is 11.6. The zero-order chi connectivity index (χ0) is 15.3. The van der Waals surface area contributed by atoms with Gasteiger partial charge in [-0.15, -0.1) is 0 Å². The van der Waals surface area contributed by atoms with Crippen LogP contribution in [0.15, 0.2) is 18.2 Å². The van der Waals surface area contributed by atoms with Gasteiger partial charge in [-0.2, -0.15) is 0 Å². The molecule has 21 heavy (non-hydrogen) atoms. The Balaban J connectivity index is 1.64. The minimum absolute atomic E-state index is 0.0634. The monoisotopic (exact) mass is 292 g/mol. The third kappa shape index (κ3) is 4.36. The number of para-hydroxylation sites is 1. The molecule has 1 aromatic carbocycles. The molecule has 0 radical (unpaired) electrons. The van der Waals surface area contributed by atoms with Gasteiger partial charge in [-0.25, -0.2) is 4.79 Å². The predicted octanol–water partition coefficient (Wildman–Crippen LogP) is 1.75. The smallest absolute Gasteiger partial charge is 0.314 e. The third-order valence-electron chi connectivity index (χ3n) is 3.96. The van der Waals surface area contributed by atoms with Crippen molar-refractivity contribution in [2.24, 2.45) is 5.41 Å². The summed E-state index contributed by atoms with van der Waals surface area (Å²) < 4.78 is 5.71. The molecule has 5 heteroatoms. The lowest BCUT2D eigenvalue weighted by molar-refractivity contribution is 0.202. The molecule has 0 aliphatic heterocycles. The Kier molecular flexibility index (Phi) is 5.07. The average Bonchev–Trinajstić information content (AvgIpc) is 3.24. The first-order chi connectivity index (χ1) is 10.1. The predicted molar refractivity (Wildman–Crippen MR) is 81.6 cm³/mol. The first-order valence-corrected chi connectivity index (χ1v) is 7.38. The molecule has 1 fully saturated rings. The van der Waals surface area contributed by atoms with Gasteiger partial charge in [0.2, 0.25) is 0 Å². The number of aliphatic hydroxyl groups is 1. The average molecular weight is 292 g/mol. The van der Waals surface area contributed by atoms with E-state index in [9.17, 15) is 4.79 Å². The van der Waals surface area contributed by atoms with Crippen molar-refractivity contribution in [1.82, 2.24) is 10.6 Å². The molecule has 116 valence electrons. The number of amides is 2. The highest BCUT2D eigenvalue weighted by molar-refractivity contribution is 5.73. The number of urea groups is 1. The Hall–Kier alpha value is -1.75. The zero-order valence-electron chi connectivity index (χ0n) is 12.7. The summed E-state index contributed by atoms with van der Waals surface area (Å²) in [4.78, 5) is 11.6. The molecular formula is C16H24N2O3. The second-order valence-electron chi connectivity index (χ2n) is 5.84. The Morgan fingerprint density at radius 2 is 1.95 bits per heavy atom. The van der Waals surface area contributed by atoms with E-state index in [2.05, 4.69) is 10.6 Å². The molecule has 2 amide bonds. The van der Waals surface area contributed by atoms with Gasteiger partial charge in [0.1, 0.15) is 12.4 Å². The molecule has 1 aliphatic rings. The van der Waals surface area contributed by atoms with Crippen LogP contribution in [-0.4, -0.2) is 37.4 Å². The van der Waals surface area contributed by atoms with Crippen molar-refractivity contribution >= 4 is 6.03 Å². The first kappa shape index (κ1) is 15.6. The SMILES string of the molecule is Cc1cccc(C)c1OCCNC(=O)NCC1(CO)CC1. The van der Waals surface area contributed by atoms with Crippen molar-refractivity contribution < 1.29 is 14.6 Å². The van der Waals surface area contributed by atoms with Crippen LogP contribution in [-0.2, 0) is 0 Å². The summed E-state index contributed by atoms with van der Waals surface area (Å²) in [5, 5.41) is 14.7. The summed E-state index contributed by atoms with van der Waals surface area (Å²) in [6.45, 7) is 5.57. The maximum Gasteiger partial charge on any atom is 0.314 e. The highest BCUT2D eigenvalue weighted by Gasteiger charge is 2.42. The van der Waals surface area contributed by atoms with Crippen LogP contribution in [0.2, 0.25) is 0 Å². The maximum atomic E-state index is 11.6. The zero-order valence-corrected chi connectivity index (χ0v) is 12.7.